The summed E-state index contributed by atoms with van der Waals surface area (Å²) in [6, 6.07) is 0. The average molecular weight is 435 g/mol. The molecular formula is CCa2CeLaO4+6. The van der Waals surface area contributed by atoms with Gasteiger partial charge in [0.05, 0.1) is 0 Å². The van der Waals surface area contributed by atoms with Gasteiger partial charge < -0.3 is 20.5 Å². The number of carbonyl (C=O) groups is 1. The maximum atomic E-state index is 8.33. The molecule has 0 rings (SSSR count). The van der Waals surface area contributed by atoms with Crippen LogP contribution in [0.15, 0.2) is 0 Å². The van der Waals surface area contributed by atoms with Crippen molar-refractivity contribution >= 4 is 81.6 Å². The molecule has 0 heterocycles. The Morgan fingerprint density at radius 1 is 1.11 bits per heavy atom. The topological polar surface area (TPSA) is 91.7 Å². The Labute approximate surface area is 174 Å². The quantitative estimate of drug-likeness (QED) is 0.373. The van der Waals surface area contributed by atoms with E-state index in [0.717, 1.165) is 0 Å². The monoisotopic (exact) mass is 435 g/mol. The second kappa shape index (κ2) is 29.5. The van der Waals surface area contributed by atoms with E-state index >= 15 is 0 Å². The first kappa shape index (κ1) is 37.7. The third kappa shape index (κ3) is 70.3. The molecule has 0 spiro atoms. The summed E-state index contributed by atoms with van der Waals surface area (Å²) in [7, 11) is 0. The number of carboxylic acid groups (broad SMARTS) is 2. The molecule has 0 amide bonds. The second-order valence-electron chi connectivity index (χ2n) is 0.250. The van der Waals surface area contributed by atoms with E-state index in [0.29, 0.717) is 0 Å². The Balaban J connectivity index is -0.00000000450. The zero-order chi connectivity index (χ0) is 3.58. The second-order valence-corrected chi connectivity index (χ2v) is 0.250. The van der Waals surface area contributed by atoms with Gasteiger partial charge in [-0.3, -0.25) is 0 Å². The summed E-state index contributed by atoms with van der Waals surface area (Å²) < 4.78 is 0. The SMILES string of the molecule is O=C([O-])[O-].[Ca+2].[Ca+2].[Ce+3].[La+3].[O-2]. The van der Waals surface area contributed by atoms with E-state index in [1.165, 1.54) is 0 Å². The first-order valence-corrected chi connectivity index (χ1v) is 0.612. The molecule has 0 aromatic carbocycles. The molecule has 0 N–H and O–H groups in total. The number of hydrogen-bond acceptors (Lipinski definition) is 3. The summed E-state index contributed by atoms with van der Waals surface area (Å²) in [6.07, 6.45) is -2.33. The van der Waals surface area contributed by atoms with Crippen molar-refractivity contribution in [2.75, 3.05) is 0 Å². The normalized spacial score (nSPS) is 2.67. The minimum atomic E-state index is -2.33. The predicted molar refractivity (Wildman–Crippen MR) is 17.6 cm³/mol. The first-order chi connectivity index (χ1) is 1.73. The van der Waals surface area contributed by atoms with Crippen molar-refractivity contribution in [3.05, 3.63) is 0 Å². The molecule has 0 saturated heterocycles. The van der Waals surface area contributed by atoms with Gasteiger partial charge in [-0.2, -0.15) is 0 Å². The van der Waals surface area contributed by atoms with Crippen molar-refractivity contribution in [2.24, 2.45) is 0 Å². The third-order valence-corrected chi connectivity index (χ3v) is 0. The van der Waals surface area contributed by atoms with Crippen LogP contribution >= 0.6 is 0 Å². The van der Waals surface area contributed by atoms with Gasteiger partial charge >= 0.3 is 153 Å². The van der Waals surface area contributed by atoms with Crippen LogP contribution in [0.4, 0.5) is 4.79 Å². The van der Waals surface area contributed by atoms with Gasteiger partial charge in [0.15, 0.2) is 0 Å². The molecular weight excluding hydrogens is 435 g/mol. The Morgan fingerprint density at radius 3 is 1.11 bits per heavy atom. The minimum absolute atomic E-state index is 0. The van der Waals surface area contributed by atoms with Crippen LogP contribution in [0, 0.1) is 77.3 Å². The molecule has 0 saturated carbocycles. The molecule has 0 aliphatic heterocycles. The Kier molecular flexibility index (Phi) is 124. The fourth-order valence-corrected chi connectivity index (χ4v) is 0. The predicted octanol–water partition coefficient (Wildman–Crippen LogP) is -3.33. The van der Waals surface area contributed by atoms with E-state index in [9.17, 15) is 0 Å². The standard InChI is InChI=1S/CH2O3.2Ca.Ce.La.O/c2-1(3)4;;;;;/h(H2,2,3,4);;;;;/q;2*+2;2*+3;-2/p-2. The smallest absolute Gasteiger partial charge is 2.00 e. The van der Waals surface area contributed by atoms with Crippen molar-refractivity contribution in [3.63, 3.8) is 0 Å². The van der Waals surface area contributed by atoms with Gasteiger partial charge in [-0.15, -0.1) is 0 Å². The van der Waals surface area contributed by atoms with Crippen LogP contribution in [0.25, 0.3) is 0 Å². The number of hydrogen-bond donors (Lipinski definition) is 0. The molecule has 0 atom stereocenters. The van der Waals surface area contributed by atoms with Gasteiger partial charge in [0.25, 0.3) is 0 Å². The molecule has 4 nitrogen and oxygen atoms in total. The van der Waals surface area contributed by atoms with Crippen LogP contribution < -0.4 is 10.2 Å². The van der Waals surface area contributed by atoms with E-state index in [-0.39, 0.29) is 158 Å². The van der Waals surface area contributed by atoms with Crippen LogP contribution in [0.3, 0.4) is 0 Å². The van der Waals surface area contributed by atoms with E-state index in [4.69, 9.17) is 15.0 Å². The van der Waals surface area contributed by atoms with E-state index in [2.05, 4.69) is 0 Å². The van der Waals surface area contributed by atoms with E-state index in [1.54, 1.807) is 0 Å². The Morgan fingerprint density at radius 2 is 1.11 bits per heavy atom. The zero-order valence-corrected chi connectivity index (χ0v) is 15.8. The van der Waals surface area contributed by atoms with Gasteiger partial charge in [-0.1, -0.05) is 0 Å². The largest absolute Gasteiger partial charge is 3.00 e. The van der Waals surface area contributed by atoms with Gasteiger partial charge in [0.1, 0.15) is 0 Å². The molecule has 8 heteroatoms. The number of carbonyl (C=O) groups excluding carboxylic acids is 1. The number of rotatable bonds is 0. The average Bonchev–Trinajstić information content (AvgIpc) is 0.811. The van der Waals surface area contributed by atoms with Crippen molar-refractivity contribution in [2.45, 2.75) is 0 Å². The first-order valence-electron chi connectivity index (χ1n) is 0.612. The molecule has 0 bridgehead atoms. The van der Waals surface area contributed by atoms with Crippen LogP contribution in [0.1, 0.15) is 0 Å². The fourth-order valence-electron chi connectivity index (χ4n) is 0. The Hall–Kier alpha value is 4.32. The molecule has 33 valence electrons. The fraction of sp³-hybridized carbons (Fsp3) is 0. The van der Waals surface area contributed by atoms with E-state index in [1.807, 2.05) is 0 Å². The van der Waals surface area contributed by atoms with Crippen LogP contribution in [0.5, 0.6) is 0 Å². The van der Waals surface area contributed by atoms with Gasteiger partial charge in [-0.05, 0) is 6.16 Å². The van der Waals surface area contributed by atoms with Crippen molar-refractivity contribution in [1.29, 1.82) is 0 Å². The molecule has 0 unspecified atom stereocenters. The molecule has 1 radical (unpaired) electrons. The summed E-state index contributed by atoms with van der Waals surface area (Å²) in [4.78, 5) is 8.33. The van der Waals surface area contributed by atoms with Crippen LogP contribution in [0.2, 0.25) is 0 Å². The maximum Gasteiger partial charge on any atom is 3.00 e. The van der Waals surface area contributed by atoms with Gasteiger partial charge in [-0.25, -0.2) is 0 Å². The molecule has 0 aromatic heterocycles. The summed E-state index contributed by atoms with van der Waals surface area (Å²) in [5, 5.41) is 16.7. The van der Waals surface area contributed by atoms with Crippen molar-refractivity contribution < 1.29 is 97.8 Å². The van der Waals surface area contributed by atoms with Crippen LogP contribution in [-0.4, -0.2) is 81.6 Å². The molecule has 0 aromatic rings. The summed E-state index contributed by atoms with van der Waals surface area (Å²) in [5.74, 6) is 0. The van der Waals surface area contributed by atoms with Crippen molar-refractivity contribution in [1.82, 2.24) is 0 Å². The van der Waals surface area contributed by atoms with Gasteiger partial charge in [0.2, 0.25) is 0 Å². The van der Waals surface area contributed by atoms with Gasteiger partial charge in [0, 0.05) is 0 Å². The molecule has 0 fully saturated rings. The molecule has 0 aliphatic rings. The Bertz CT molecular complexity index is 41.5. The third-order valence-electron chi connectivity index (χ3n) is 0. The van der Waals surface area contributed by atoms with Crippen LogP contribution in [-0.2, 0) is 5.48 Å². The summed E-state index contributed by atoms with van der Waals surface area (Å²) >= 11 is 0. The summed E-state index contributed by atoms with van der Waals surface area (Å²) in [5.41, 5.74) is 0. The van der Waals surface area contributed by atoms with Crippen molar-refractivity contribution in [3.8, 4) is 0 Å². The maximum absolute atomic E-state index is 8.33. The molecule has 9 heavy (non-hydrogen) atoms. The van der Waals surface area contributed by atoms with E-state index < -0.39 is 6.16 Å². The molecule has 0 aliphatic carbocycles. The minimum Gasteiger partial charge on any atom is -2.00 e. The zero-order valence-electron chi connectivity index (χ0n) is 4.62. The summed E-state index contributed by atoms with van der Waals surface area (Å²) in [6.45, 7) is 0.